The number of fused-ring (bicyclic) bond motifs is 1. The van der Waals surface area contributed by atoms with Gasteiger partial charge in [-0.2, -0.15) is 4.98 Å². The van der Waals surface area contributed by atoms with Gasteiger partial charge in [-0.25, -0.2) is 4.98 Å². The Bertz CT molecular complexity index is 497. The normalized spacial score (nSPS) is 14.2. The number of carbonyl (C=O) groups is 1. The number of anilines is 1. The molecule has 1 amide bonds. The van der Waals surface area contributed by atoms with Crippen molar-refractivity contribution in [3.05, 3.63) is 24.2 Å². The number of aromatic nitrogens is 2. The van der Waals surface area contributed by atoms with Gasteiger partial charge in [-0.1, -0.05) is 19.9 Å². The Hall–Kier alpha value is -1.91. The molecule has 1 aliphatic rings. The summed E-state index contributed by atoms with van der Waals surface area (Å²) < 4.78 is 5.70. The monoisotopic (exact) mass is 261 g/mol. The summed E-state index contributed by atoms with van der Waals surface area (Å²) in [7, 11) is 0. The SMILES string of the molecule is C/C=C/C(=O)N1CCc2ncnc(OCC(C)C)c21. The summed E-state index contributed by atoms with van der Waals surface area (Å²) in [6, 6.07) is 0. The Morgan fingerprint density at radius 3 is 3.00 bits per heavy atom. The fourth-order valence-electron chi connectivity index (χ4n) is 1.98. The maximum atomic E-state index is 12.0. The Balaban J connectivity index is 2.28. The van der Waals surface area contributed by atoms with Crippen LogP contribution in [-0.4, -0.2) is 29.0 Å². The molecule has 2 heterocycles. The molecule has 5 heteroatoms. The molecule has 0 aliphatic carbocycles. The fourth-order valence-corrected chi connectivity index (χ4v) is 1.98. The third-order valence-electron chi connectivity index (χ3n) is 2.84. The van der Waals surface area contributed by atoms with E-state index >= 15 is 0 Å². The van der Waals surface area contributed by atoms with E-state index in [1.54, 1.807) is 17.1 Å². The van der Waals surface area contributed by atoms with Crippen molar-refractivity contribution in [2.75, 3.05) is 18.1 Å². The average molecular weight is 261 g/mol. The van der Waals surface area contributed by atoms with E-state index in [9.17, 15) is 4.79 Å². The highest BCUT2D eigenvalue weighted by Crippen LogP contribution is 2.34. The molecule has 19 heavy (non-hydrogen) atoms. The lowest BCUT2D eigenvalue weighted by Crippen LogP contribution is -2.27. The lowest BCUT2D eigenvalue weighted by atomic mass is 10.2. The highest BCUT2D eigenvalue weighted by molar-refractivity contribution is 6.03. The first-order valence-electron chi connectivity index (χ1n) is 6.54. The summed E-state index contributed by atoms with van der Waals surface area (Å²) in [6.45, 7) is 7.19. The minimum atomic E-state index is -0.0505. The van der Waals surface area contributed by atoms with E-state index < -0.39 is 0 Å². The Labute approximate surface area is 113 Å². The van der Waals surface area contributed by atoms with Crippen molar-refractivity contribution in [2.24, 2.45) is 5.92 Å². The third kappa shape index (κ3) is 2.92. The molecule has 0 saturated heterocycles. The Morgan fingerprint density at radius 1 is 1.53 bits per heavy atom. The molecule has 0 spiro atoms. The summed E-state index contributed by atoms with van der Waals surface area (Å²) >= 11 is 0. The first-order valence-corrected chi connectivity index (χ1v) is 6.54. The van der Waals surface area contributed by atoms with E-state index in [-0.39, 0.29) is 5.91 Å². The predicted octanol–water partition coefficient (Wildman–Crippen LogP) is 1.98. The Morgan fingerprint density at radius 2 is 2.32 bits per heavy atom. The molecule has 0 fully saturated rings. The first kappa shape index (κ1) is 13.5. The maximum Gasteiger partial charge on any atom is 0.250 e. The van der Waals surface area contributed by atoms with Crippen molar-refractivity contribution >= 4 is 11.6 Å². The summed E-state index contributed by atoms with van der Waals surface area (Å²) in [5.41, 5.74) is 1.61. The van der Waals surface area contributed by atoms with Crippen molar-refractivity contribution in [1.82, 2.24) is 9.97 Å². The molecular weight excluding hydrogens is 242 g/mol. The number of hydrogen-bond donors (Lipinski definition) is 0. The summed E-state index contributed by atoms with van der Waals surface area (Å²) in [5.74, 6) is 0.867. The molecule has 1 aromatic heterocycles. The van der Waals surface area contributed by atoms with Crippen molar-refractivity contribution in [3.63, 3.8) is 0 Å². The van der Waals surface area contributed by atoms with Gasteiger partial charge in [-0.3, -0.25) is 4.79 Å². The smallest absolute Gasteiger partial charge is 0.250 e. The zero-order valence-electron chi connectivity index (χ0n) is 11.6. The van der Waals surface area contributed by atoms with Crippen molar-refractivity contribution in [3.8, 4) is 5.88 Å². The second-order valence-electron chi connectivity index (χ2n) is 4.92. The third-order valence-corrected chi connectivity index (χ3v) is 2.84. The lowest BCUT2D eigenvalue weighted by molar-refractivity contribution is -0.114. The number of allylic oxidation sites excluding steroid dienone is 1. The number of amides is 1. The molecule has 1 aromatic rings. The predicted molar refractivity (Wildman–Crippen MR) is 73.2 cm³/mol. The molecule has 0 unspecified atom stereocenters. The largest absolute Gasteiger partial charge is 0.476 e. The van der Waals surface area contributed by atoms with Crippen LogP contribution in [-0.2, 0) is 11.2 Å². The highest BCUT2D eigenvalue weighted by Gasteiger charge is 2.29. The van der Waals surface area contributed by atoms with Gasteiger partial charge in [0.1, 0.15) is 12.0 Å². The molecule has 5 nitrogen and oxygen atoms in total. The number of carbonyl (C=O) groups excluding carboxylic acids is 1. The van der Waals surface area contributed by atoms with Crippen LogP contribution < -0.4 is 9.64 Å². The molecule has 0 atom stereocenters. The van der Waals surface area contributed by atoms with Gasteiger partial charge in [-0.15, -0.1) is 0 Å². The standard InChI is InChI=1S/C14H19N3O2/c1-4-5-12(18)17-7-6-11-13(17)14(16-9-15-11)19-8-10(2)3/h4-5,9-10H,6-8H2,1-3H3/b5-4+. The molecular formula is C14H19N3O2. The second kappa shape index (κ2) is 5.82. The van der Waals surface area contributed by atoms with E-state index in [2.05, 4.69) is 23.8 Å². The van der Waals surface area contributed by atoms with Gasteiger partial charge in [-0.05, 0) is 18.9 Å². The molecule has 2 rings (SSSR count). The molecule has 0 N–H and O–H groups in total. The molecule has 1 aliphatic heterocycles. The van der Waals surface area contributed by atoms with Crippen LogP contribution in [0.25, 0.3) is 0 Å². The van der Waals surface area contributed by atoms with Gasteiger partial charge in [0.25, 0.3) is 5.91 Å². The van der Waals surface area contributed by atoms with Crippen LogP contribution in [0.3, 0.4) is 0 Å². The Kier molecular flexibility index (Phi) is 4.14. The second-order valence-corrected chi connectivity index (χ2v) is 4.92. The maximum absolute atomic E-state index is 12.0. The van der Waals surface area contributed by atoms with Gasteiger partial charge in [0, 0.05) is 13.0 Å². The molecule has 0 saturated carbocycles. The summed E-state index contributed by atoms with van der Waals surface area (Å²) in [5, 5.41) is 0. The fraction of sp³-hybridized carbons (Fsp3) is 0.500. The number of hydrogen-bond acceptors (Lipinski definition) is 4. The van der Waals surface area contributed by atoms with Gasteiger partial charge in [0.2, 0.25) is 5.88 Å². The van der Waals surface area contributed by atoms with Gasteiger partial charge < -0.3 is 9.64 Å². The number of nitrogens with zero attached hydrogens (tertiary/aromatic N) is 3. The lowest BCUT2D eigenvalue weighted by Gasteiger charge is -2.18. The van der Waals surface area contributed by atoms with Gasteiger partial charge in [0.05, 0.1) is 12.3 Å². The molecule has 0 bridgehead atoms. The van der Waals surface area contributed by atoms with E-state index in [4.69, 9.17) is 4.74 Å². The summed E-state index contributed by atoms with van der Waals surface area (Å²) in [6.07, 6.45) is 5.53. The highest BCUT2D eigenvalue weighted by atomic mass is 16.5. The summed E-state index contributed by atoms with van der Waals surface area (Å²) in [4.78, 5) is 22.1. The molecule has 0 aromatic carbocycles. The van der Waals surface area contributed by atoms with Crippen LogP contribution in [0.5, 0.6) is 5.88 Å². The van der Waals surface area contributed by atoms with Crippen LogP contribution in [0.2, 0.25) is 0 Å². The van der Waals surface area contributed by atoms with Crippen LogP contribution in [0.4, 0.5) is 5.69 Å². The van der Waals surface area contributed by atoms with E-state index in [0.29, 0.717) is 24.9 Å². The van der Waals surface area contributed by atoms with E-state index in [1.807, 2.05) is 6.92 Å². The average Bonchev–Trinajstić information content (AvgIpc) is 2.81. The number of ether oxygens (including phenoxy) is 1. The van der Waals surface area contributed by atoms with E-state index in [1.165, 1.54) is 6.33 Å². The zero-order chi connectivity index (χ0) is 13.8. The topological polar surface area (TPSA) is 55.3 Å². The van der Waals surface area contributed by atoms with Crippen molar-refractivity contribution in [1.29, 1.82) is 0 Å². The first-order chi connectivity index (χ1) is 9.13. The van der Waals surface area contributed by atoms with Crippen LogP contribution in [0, 0.1) is 5.92 Å². The van der Waals surface area contributed by atoms with Crippen LogP contribution >= 0.6 is 0 Å². The van der Waals surface area contributed by atoms with Gasteiger partial charge >= 0.3 is 0 Å². The van der Waals surface area contributed by atoms with Crippen molar-refractivity contribution < 1.29 is 9.53 Å². The van der Waals surface area contributed by atoms with Crippen molar-refractivity contribution in [2.45, 2.75) is 27.2 Å². The quantitative estimate of drug-likeness (QED) is 0.778. The molecule has 102 valence electrons. The zero-order valence-corrected chi connectivity index (χ0v) is 11.6. The minimum Gasteiger partial charge on any atom is -0.476 e. The molecule has 0 radical (unpaired) electrons. The number of rotatable bonds is 4. The van der Waals surface area contributed by atoms with Crippen LogP contribution in [0.15, 0.2) is 18.5 Å². The van der Waals surface area contributed by atoms with Crippen LogP contribution in [0.1, 0.15) is 26.5 Å². The van der Waals surface area contributed by atoms with Gasteiger partial charge in [0.15, 0.2) is 0 Å². The van der Waals surface area contributed by atoms with E-state index in [0.717, 1.165) is 17.8 Å². The minimum absolute atomic E-state index is 0.0505.